The van der Waals surface area contributed by atoms with Crippen molar-refractivity contribution in [2.24, 2.45) is 0 Å². The molecule has 0 bridgehead atoms. The molecule has 0 radical (unpaired) electrons. The van der Waals surface area contributed by atoms with Crippen molar-refractivity contribution in [3.8, 4) is 0 Å². The van der Waals surface area contributed by atoms with Gasteiger partial charge in [0.05, 0.1) is 10.9 Å². The van der Waals surface area contributed by atoms with Gasteiger partial charge in [0.25, 0.3) is 0 Å². The Morgan fingerprint density at radius 3 is 2.95 bits per heavy atom. The molecule has 1 aromatic carbocycles. The number of hydrogen-bond acceptors (Lipinski definition) is 5. The molecule has 0 aliphatic heterocycles. The number of nitrogens with two attached hydrogens (primary N) is 1. The summed E-state index contributed by atoms with van der Waals surface area (Å²) in [6.07, 6.45) is 1.33. The number of thioether (sulfide) groups is 1. The summed E-state index contributed by atoms with van der Waals surface area (Å²) in [5, 5.41) is 9.97. The number of nitrogens with zero attached hydrogens (tertiary/aromatic N) is 3. The number of halogens is 2. The molecule has 0 aliphatic carbocycles. The highest BCUT2D eigenvalue weighted by atomic mass is 35.5. The number of anilines is 1. The van der Waals surface area contributed by atoms with Crippen LogP contribution in [0.2, 0.25) is 5.02 Å². The molecular weight excluding hydrogens is 305 g/mol. The minimum atomic E-state index is -0.593. The van der Waals surface area contributed by atoms with E-state index in [0.717, 1.165) is 17.8 Å². The van der Waals surface area contributed by atoms with Crippen molar-refractivity contribution in [1.29, 1.82) is 0 Å². The third-order valence-electron chi connectivity index (χ3n) is 2.38. The number of rotatable bonds is 4. The topological polar surface area (TPSA) is 85.8 Å². The fourth-order valence-corrected chi connectivity index (χ4v) is 2.26. The summed E-state index contributed by atoms with van der Waals surface area (Å²) >= 11 is 6.76. The normalized spacial score (nSPS) is 12.2. The summed E-state index contributed by atoms with van der Waals surface area (Å²) in [4.78, 5) is 12.0. The van der Waals surface area contributed by atoms with Gasteiger partial charge in [-0.3, -0.25) is 4.79 Å². The average Bonchev–Trinajstić information content (AvgIpc) is 2.78. The molecule has 1 amide bonds. The lowest BCUT2D eigenvalue weighted by Gasteiger charge is -2.11. The van der Waals surface area contributed by atoms with Gasteiger partial charge in [-0.2, -0.15) is 0 Å². The van der Waals surface area contributed by atoms with Gasteiger partial charge in [0.2, 0.25) is 11.1 Å². The van der Waals surface area contributed by atoms with Crippen LogP contribution in [0.4, 0.5) is 10.1 Å². The molecule has 3 N–H and O–H groups in total. The van der Waals surface area contributed by atoms with Crippen molar-refractivity contribution >= 4 is 35.0 Å². The van der Waals surface area contributed by atoms with Crippen LogP contribution in [0.1, 0.15) is 6.92 Å². The first-order valence-corrected chi connectivity index (χ1v) is 6.81. The largest absolute Gasteiger partial charge is 0.336 e. The summed E-state index contributed by atoms with van der Waals surface area (Å²) in [5.41, 5.74) is 0.0704. The highest BCUT2D eigenvalue weighted by molar-refractivity contribution is 8.00. The van der Waals surface area contributed by atoms with E-state index < -0.39 is 11.1 Å². The summed E-state index contributed by atoms with van der Waals surface area (Å²) in [5.74, 6) is 4.58. The minimum Gasteiger partial charge on any atom is -0.336 e. The average molecular weight is 316 g/mol. The monoisotopic (exact) mass is 315 g/mol. The van der Waals surface area contributed by atoms with Gasteiger partial charge < -0.3 is 11.2 Å². The van der Waals surface area contributed by atoms with E-state index in [4.69, 9.17) is 17.4 Å². The van der Waals surface area contributed by atoms with E-state index in [1.807, 2.05) is 0 Å². The second-order valence-electron chi connectivity index (χ2n) is 3.89. The summed E-state index contributed by atoms with van der Waals surface area (Å²) in [7, 11) is 0. The highest BCUT2D eigenvalue weighted by Crippen LogP contribution is 2.23. The fraction of sp³-hybridized carbons (Fsp3) is 0.182. The third kappa shape index (κ3) is 3.40. The summed E-state index contributed by atoms with van der Waals surface area (Å²) in [6.45, 7) is 1.66. The molecule has 1 unspecified atom stereocenters. The SMILES string of the molecule is CC(Sc1nncn1N)C(=O)Nc1ccc(Cl)cc1F. The van der Waals surface area contributed by atoms with E-state index >= 15 is 0 Å². The number of carbonyl (C=O) groups excluding carboxylic acids is 1. The van der Waals surface area contributed by atoms with Crippen LogP contribution in [-0.2, 0) is 4.79 Å². The van der Waals surface area contributed by atoms with Crippen molar-refractivity contribution in [2.75, 3.05) is 11.2 Å². The molecule has 2 rings (SSSR count). The molecule has 20 heavy (non-hydrogen) atoms. The quantitative estimate of drug-likeness (QED) is 0.665. The number of carbonyl (C=O) groups is 1. The minimum absolute atomic E-state index is 0.0704. The van der Waals surface area contributed by atoms with E-state index in [0.29, 0.717) is 5.16 Å². The van der Waals surface area contributed by atoms with Gasteiger partial charge in [0.15, 0.2) is 0 Å². The lowest BCUT2D eigenvalue weighted by Crippen LogP contribution is -2.24. The molecular formula is C11H11ClFN5OS. The van der Waals surface area contributed by atoms with Gasteiger partial charge in [-0.25, -0.2) is 9.07 Å². The molecule has 1 heterocycles. The van der Waals surface area contributed by atoms with Gasteiger partial charge in [-0.15, -0.1) is 10.2 Å². The van der Waals surface area contributed by atoms with Gasteiger partial charge in [-0.05, 0) is 25.1 Å². The third-order valence-corrected chi connectivity index (χ3v) is 3.69. The zero-order chi connectivity index (χ0) is 14.7. The smallest absolute Gasteiger partial charge is 0.237 e. The van der Waals surface area contributed by atoms with Crippen LogP contribution in [0.25, 0.3) is 0 Å². The van der Waals surface area contributed by atoms with Crippen LogP contribution in [0.3, 0.4) is 0 Å². The predicted octanol–water partition coefficient (Wildman–Crippen LogP) is 1.90. The van der Waals surface area contributed by atoms with Crippen molar-refractivity contribution in [1.82, 2.24) is 14.9 Å². The number of nitrogen functional groups attached to an aromatic ring is 1. The maximum atomic E-state index is 13.6. The van der Waals surface area contributed by atoms with Gasteiger partial charge in [0, 0.05) is 5.02 Å². The molecule has 106 valence electrons. The Labute approximate surface area is 123 Å². The first kappa shape index (κ1) is 14.6. The Kier molecular flexibility index (Phi) is 4.46. The molecule has 2 aromatic rings. The highest BCUT2D eigenvalue weighted by Gasteiger charge is 2.18. The van der Waals surface area contributed by atoms with Crippen LogP contribution in [0.5, 0.6) is 0 Å². The van der Waals surface area contributed by atoms with Gasteiger partial charge in [-0.1, -0.05) is 23.4 Å². The molecule has 0 saturated heterocycles. The second-order valence-corrected chi connectivity index (χ2v) is 5.64. The van der Waals surface area contributed by atoms with E-state index in [1.165, 1.54) is 23.1 Å². The Morgan fingerprint density at radius 1 is 1.60 bits per heavy atom. The summed E-state index contributed by atoms with van der Waals surface area (Å²) < 4.78 is 14.8. The van der Waals surface area contributed by atoms with E-state index in [9.17, 15) is 9.18 Å². The maximum absolute atomic E-state index is 13.6. The van der Waals surface area contributed by atoms with E-state index in [-0.39, 0.29) is 16.6 Å². The maximum Gasteiger partial charge on any atom is 0.237 e. The molecule has 0 aliphatic rings. The number of hydrogen-bond donors (Lipinski definition) is 2. The Bertz CT molecular complexity index is 635. The Hall–Kier alpha value is -1.80. The van der Waals surface area contributed by atoms with E-state index in [2.05, 4.69) is 15.5 Å². The van der Waals surface area contributed by atoms with Crippen LogP contribution >= 0.6 is 23.4 Å². The molecule has 6 nitrogen and oxygen atoms in total. The molecule has 1 aromatic heterocycles. The van der Waals surface area contributed by atoms with Crippen molar-refractivity contribution in [3.63, 3.8) is 0 Å². The molecule has 0 saturated carbocycles. The van der Waals surface area contributed by atoms with Gasteiger partial charge in [0.1, 0.15) is 12.1 Å². The number of nitrogens with one attached hydrogen (secondary N) is 1. The van der Waals surface area contributed by atoms with Crippen LogP contribution < -0.4 is 11.2 Å². The van der Waals surface area contributed by atoms with Crippen LogP contribution in [-0.4, -0.2) is 26.0 Å². The van der Waals surface area contributed by atoms with Crippen LogP contribution in [0.15, 0.2) is 29.7 Å². The standard InChI is InChI=1S/C11H11ClFN5OS/c1-6(20-11-17-15-5-18(11)14)10(19)16-9-3-2-7(12)4-8(9)13/h2-6H,14H2,1H3,(H,16,19). The number of amides is 1. The van der Waals surface area contributed by atoms with Crippen molar-refractivity contribution in [2.45, 2.75) is 17.3 Å². The first-order chi connectivity index (χ1) is 9.47. The Balaban J connectivity index is 2.02. The number of aromatic nitrogens is 3. The van der Waals surface area contributed by atoms with Crippen molar-refractivity contribution < 1.29 is 9.18 Å². The lowest BCUT2D eigenvalue weighted by molar-refractivity contribution is -0.115. The molecule has 9 heteroatoms. The Morgan fingerprint density at radius 2 is 2.35 bits per heavy atom. The summed E-state index contributed by atoms with van der Waals surface area (Å²) in [6, 6.07) is 4.03. The molecule has 1 atom stereocenters. The first-order valence-electron chi connectivity index (χ1n) is 5.55. The zero-order valence-corrected chi connectivity index (χ0v) is 12.0. The van der Waals surface area contributed by atoms with Crippen LogP contribution in [0, 0.1) is 5.82 Å². The lowest BCUT2D eigenvalue weighted by atomic mass is 10.3. The molecule has 0 fully saturated rings. The zero-order valence-electron chi connectivity index (χ0n) is 10.4. The second kappa shape index (κ2) is 6.10. The number of benzene rings is 1. The van der Waals surface area contributed by atoms with E-state index in [1.54, 1.807) is 6.92 Å². The fourth-order valence-electron chi connectivity index (χ4n) is 1.35. The van der Waals surface area contributed by atoms with Crippen molar-refractivity contribution in [3.05, 3.63) is 35.4 Å². The predicted molar refractivity (Wildman–Crippen MR) is 75.5 cm³/mol. The van der Waals surface area contributed by atoms with Gasteiger partial charge >= 0.3 is 0 Å². The molecule has 0 spiro atoms.